The average Bonchev–Trinajstić information content (AvgIpc) is 3.39. The SMILES string of the molecule is CCN(Cc1ccc2c(c1)OCO2)C(=O)CSc1nnc(-c2ccccc2C)o1. The second kappa shape index (κ2) is 8.57. The van der Waals surface area contributed by atoms with Crippen molar-refractivity contribution in [2.75, 3.05) is 19.1 Å². The van der Waals surface area contributed by atoms with Crippen LogP contribution in [0.1, 0.15) is 18.1 Å². The van der Waals surface area contributed by atoms with Gasteiger partial charge in [0.25, 0.3) is 5.22 Å². The molecule has 0 unspecified atom stereocenters. The molecule has 0 saturated heterocycles. The molecule has 0 aliphatic carbocycles. The molecule has 0 atom stereocenters. The average molecular weight is 411 g/mol. The van der Waals surface area contributed by atoms with Gasteiger partial charge in [-0.3, -0.25) is 4.79 Å². The van der Waals surface area contributed by atoms with E-state index >= 15 is 0 Å². The van der Waals surface area contributed by atoms with Crippen molar-refractivity contribution in [2.24, 2.45) is 0 Å². The topological polar surface area (TPSA) is 77.7 Å². The number of carbonyl (C=O) groups is 1. The highest BCUT2D eigenvalue weighted by Crippen LogP contribution is 2.33. The van der Waals surface area contributed by atoms with Crippen LogP contribution in [0.5, 0.6) is 11.5 Å². The molecule has 0 bridgehead atoms. The van der Waals surface area contributed by atoms with Crippen molar-refractivity contribution in [3.8, 4) is 23.0 Å². The molecule has 0 fully saturated rings. The number of aryl methyl sites for hydroxylation is 1. The number of carbonyl (C=O) groups excluding carboxylic acids is 1. The zero-order chi connectivity index (χ0) is 20.2. The first-order valence-electron chi connectivity index (χ1n) is 9.32. The summed E-state index contributed by atoms with van der Waals surface area (Å²) in [5, 5.41) is 8.55. The summed E-state index contributed by atoms with van der Waals surface area (Å²) in [5.74, 6) is 2.15. The predicted octanol–water partition coefficient (Wildman–Crippen LogP) is 3.91. The fraction of sp³-hybridized carbons (Fsp3) is 0.286. The normalized spacial score (nSPS) is 12.2. The lowest BCUT2D eigenvalue weighted by Crippen LogP contribution is -2.31. The first-order valence-corrected chi connectivity index (χ1v) is 10.3. The van der Waals surface area contributed by atoms with Crippen LogP contribution < -0.4 is 9.47 Å². The molecule has 8 heteroatoms. The summed E-state index contributed by atoms with van der Waals surface area (Å²) in [6, 6.07) is 13.6. The van der Waals surface area contributed by atoms with E-state index in [2.05, 4.69) is 10.2 Å². The number of hydrogen-bond acceptors (Lipinski definition) is 7. The van der Waals surface area contributed by atoms with Crippen molar-refractivity contribution >= 4 is 17.7 Å². The number of benzene rings is 2. The van der Waals surface area contributed by atoms with Gasteiger partial charge < -0.3 is 18.8 Å². The van der Waals surface area contributed by atoms with Gasteiger partial charge in [-0.05, 0) is 43.2 Å². The molecule has 1 aromatic heterocycles. The monoisotopic (exact) mass is 411 g/mol. The summed E-state index contributed by atoms with van der Waals surface area (Å²) in [6.07, 6.45) is 0. The number of nitrogens with zero attached hydrogens (tertiary/aromatic N) is 3. The molecule has 0 spiro atoms. The summed E-state index contributed by atoms with van der Waals surface area (Å²) in [7, 11) is 0. The lowest BCUT2D eigenvalue weighted by Gasteiger charge is -2.20. The highest BCUT2D eigenvalue weighted by Gasteiger charge is 2.18. The van der Waals surface area contributed by atoms with E-state index in [0.29, 0.717) is 24.2 Å². The van der Waals surface area contributed by atoms with Crippen LogP contribution in [0.3, 0.4) is 0 Å². The second-order valence-electron chi connectivity index (χ2n) is 6.57. The standard InChI is InChI=1S/C21H21N3O4S/c1-3-24(11-15-8-9-17-18(10-15)27-13-26-17)19(25)12-29-21-23-22-20(28-21)16-7-5-4-6-14(16)2/h4-10H,3,11-13H2,1-2H3. The predicted molar refractivity (Wildman–Crippen MR) is 109 cm³/mol. The van der Waals surface area contributed by atoms with E-state index < -0.39 is 0 Å². The summed E-state index contributed by atoms with van der Waals surface area (Å²) >= 11 is 1.25. The number of rotatable bonds is 7. The minimum atomic E-state index is 0.00538. The molecule has 29 heavy (non-hydrogen) atoms. The maximum Gasteiger partial charge on any atom is 0.277 e. The Morgan fingerprint density at radius 1 is 1.14 bits per heavy atom. The molecule has 1 aliphatic rings. The van der Waals surface area contributed by atoms with E-state index in [9.17, 15) is 4.79 Å². The molecule has 2 aromatic carbocycles. The minimum absolute atomic E-state index is 0.00538. The highest BCUT2D eigenvalue weighted by atomic mass is 32.2. The fourth-order valence-electron chi connectivity index (χ4n) is 3.04. The molecule has 7 nitrogen and oxygen atoms in total. The third-order valence-corrected chi connectivity index (χ3v) is 5.45. The van der Waals surface area contributed by atoms with Gasteiger partial charge in [0.2, 0.25) is 18.6 Å². The molecular formula is C21H21N3O4S. The van der Waals surface area contributed by atoms with Crippen molar-refractivity contribution in [1.29, 1.82) is 0 Å². The van der Waals surface area contributed by atoms with Gasteiger partial charge in [-0.25, -0.2) is 0 Å². The summed E-state index contributed by atoms with van der Waals surface area (Å²) in [5.41, 5.74) is 2.95. The molecule has 0 saturated carbocycles. The van der Waals surface area contributed by atoms with Crippen LogP contribution in [0.2, 0.25) is 0 Å². The quantitative estimate of drug-likeness (QED) is 0.545. The van der Waals surface area contributed by atoms with Crippen molar-refractivity contribution in [2.45, 2.75) is 25.6 Å². The Morgan fingerprint density at radius 3 is 2.79 bits per heavy atom. The van der Waals surface area contributed by atoms with Crippen molar-refractivity contribution in [1.82, 2.24) is 15.1 Å². The molecule has 2 heterocycles. The number of fused-ring (bicyclic) bond motifs is 1. The maximum absolute atomic E-state index is 12.7. The zero-order valence-electron chi connectivity index (χ0n) is 16.3. The van der Waals surface area contributed by atoms with E-state index in [1.54, 1.807) is 4.90 Å². The van der Waals surface area contributed by atoms with Crippen LogP contribution in [0.25, 0.3) is 11.5 Å². The lowest BCUT2D eigenvalue weighted by molar-refractivity contribution is -0.128. The van der Waals surface area contributed by atoms with Crippen LogP contribution in [-0.4, -0.2) is 40.1 Å². The molecule has 1 amide bonds. The molecule has 1 aliphatic heterocycles. The molecule has 3 aromatic rings. The van der Waals surface area contributed by atoms with E-state index in [-0.39, 0.29) is 18.5 Å². The van der Waals surface area contributed by atoms with Gasteiger partial charge >= 0.3 is 0 Å². The number of amides is 1. The van der Waals surface area contributed by atoms with E-state index in [0.717, 1.165) is 28.2 Å². The Hall–Kier alpha value is -3.00. The first kappa shape index (κ1) is 19.3. The first-order chi connectivity index (χ1) is 14.1. The molecule has 150 valence electrons. The van der Waals surface area contributed by atoms with Gasteiger partial charge in [-0.1, -0.05) is 36.0 Å². The molecule has 0 radical (unpaired) electrons. The maximum atomic E-state index is 12.7. The van der Waals surface area contributed by atoms with Crippen LogP contribution in [-0.2, 0) is 11.3 Å². The second-order valence-corrected chi connectivity index (χ2v) is 7.50. The largest absolute Gasteiger partial charge is 0.454 e. The summed E-state index contributed by atoms with van der Waals surface area (Å²) in [4.78, 5) is 14.5. The fourth-order valence-corrected chi connectivity index (χ4v) is 3.71. The lowest BCUT2D eigenvalue weighted by atomic mass is 10.1. The minimum Gasteiger partial charge on any atom is -0.454 e. The Kier molecular flexibility index (Phi) is 5.71. The summed E-state index contributed by atoms with van der Waals surface area (Å²) in [6.45, 7) is 5.29. The van der Waals surface area contributed by atoms with Gasteiger partial charge in [-0.15, -0.1) is 10.2 Å². The summed E-state index contributed by atoms with van der Waals surface area (Å²) < 4.78 is 16.5. The molecular weight excluding hydrogens is 390 g/mol. The van der Waals surface area contributed by atoms with Gasteiger partial charge in [-0.2, -0.15) is 0 Å². The van der Waals surface area contributed by atoms with E-state index in [4.69, 9.17) is 13.9 Å². The molecule has 0 N–H and O–H groups in total. The van der Waals surface area contributed by atoms with Crippen LogP contribution in [0.15, 0.2) is 52.1 Å². The van der Waals surface area contributed by atoms with E-state index in [1.165, 1.54) is 11.8 Å². The smallest absolute Gasteiger partial charge is 0.277 e. The van der Waals surface area contributed by atoms with Gasteiger partial charge in [0.1, 0.15) is 0 Å². The Morgan fingerprint density at radius 2 is 1.97 bits per heavy atom. The zero-order valence-corrected chi connectivity index (χ0v) is 17.1. The van der Waals surface area contributed by atoms with Crippen LogP contribution in [0.4, 0.5) is 0 Å². The Balaban J connectivity index is 1.36. The number of aromatic nitrogens is 2. The number of thioether (sulfide) groups is 1. The van der Waals surface area contributed by atoms with Crippen LogP contribution >= 0.6 is 11.8 Å². The molecule has 4 rings (SSSR count). The van der Waals surface area contributed by atoms with E-state index in [1.807, 2.05) is 56.3 Å². The number of hydrogen-bond donors (Lipinski definition) is 0. The van der Waals surface area contributed by atoms with Crippen LogP contribution in [0, 0.1) is 6.92 Å². The van der Waals surface area contributed by atoms with Gasteiger partial charge in [0, 0.05) is 18.7 Å². The third kappa shape index (κ3) is 4.37. The van der Waals surface area contributed by atoms with Crippen molar-refractivity contribution < 1.29 is 18.7 Å². The Labute approximate surface area is 173 Å². The van der Waals surface area contributed by atoms with Crippen molar-refractivity contribution in [3.63, 3.8) is 0 Å². The highest BCUT2D eigenvalue weighted by molar-refractivity contribution is 7.99. The van der Waals surface area contributed by atoms with Crippen molar-refractivity contribution in [3.05, 3.63) is 53.6 Å². The third-order valence-electron chi connectivity index (χ3n) is 4.65. The van der Waals surface area contributed by atoms with Gasteiger partial charge in [0.15, 0.2) is 11.5 Å². The number of ether oxygens (including phenoxy) is 2. The van der Waals surface area contributed by atoms with Gasteiger partial charge in [0.05, 0.1) is 5.75 Å². The Bertz CT molecular complexity index is 1020.